The van der Waals surface area contributed by atoms with E-state index < -0.39 is 6.61 Å². The number of ether oxygens (including phenoxy) is 1. The summed E-state index contributed by atoms with van der Waals surface area (Å²) in [7, 11) is 1.65. The van der Waals surface area contributed by atoms with Gasteiger partial charge < -0.3 is 15.4 Å². The molecule has 1 aromatic carbocycles. The van der Waals surface area contributed by atoms with Crippen LogP contribution in [0.5, 0.6) is 5.75 Å². The molecule has 136 valence electrons. The molecule has 0 aliphatic carbocycles. The Morgan fingerprint density at radius 3 is 2.60 bits per heavy atom. The van der Waals surface area contributed by atoms with Crippen molar-refractivity contribution in [3.63, 3.8) is 0 Å². The molecule has 1 aromatic heterocycles. The number of para-hydroxylation sites is 1. The number of aliphatic imine (C=N–C) groups is 1. The molecular weight excluding hydrogens is 441 g/mol. The van der Waals surface area contributed by atoms with Crippen LogP contribution < -0.4 is 15.4 Å². The van der Waals surface area contributed by atoms with E-state index in [-0.39, 0.29) is 29.7 Å². The van der Waals surface area contributed by atoms with Crippen LogP contribution >= 0.6 is 24.0 Å². The van der Waals surface area contributed by atoms with Gasteiger partial charge in [-0.15, -0.1) is 24.0 Å². The van der Waals surface area contributed by atoms with E-state index in [2.05, 4.69) is 25.3 Å². The third kappa shape index (κ3) is 7.63. The maximum absolute atomic E-state index is 12.4. The molecule has 0 aliphatic rings. The lowest BCUT2D eigenvalue weighted by atomic mass is 10.2. The topological polar surface area (TPSA) is 58.5 Å². The molecule has 0 saturated carbocycles. The van der Waals surface area contributed by atoms with E-state index >= 15 is 0 Å². The van der Waals surface area contributed by atoms with E-state index in [4.69, 9.17) is 0 Å². The minimum absolute atomic E-state index is 0. The van der Waals surface area contributed by atoms with Gasteiger partial charge in [0.1, 0.15) is 5.75 Å². The number of rotatable bonds is 7. The molecular formula is C17H21F2IN4O. The number of hydrogen-bond acceptors (Lipinski definition) is 3. The first-order valence-corrected chi connectivity index (χ1v) is 7.56. The van der Waals surface area contributed by atoms with Gasteiger partial charge in [-0.2, -0.15) is 8.78 Å². The predicted octanol–water partition coefficient (Wildman–Crippen LogP) is 3.21. The molecule has 0 atom stereocenters. The molecule has 2 aromatic rings. The molecule has 0 bridgehead atoms. The number of benzene rings is 1. The van der Waals surface area contributed by atoms with Gasteiger partial charge in [0.15, 0.2) is 5.96 Å². The van der Waals surface area contributed by atoms with Gasteiger partial charge in [0.05, 0.1) is 0 Å². The van der Waals surface area contributed by atoms with Gasteiger partial charge in [0, 0.05) is 44.0 Å². The molecule has 0 amide bonds. The van der Waals surface area contributed by atoms with Gasteiger partial charge in [0.2, 0.25) is 0 Å². The van der Waals surface area contributed by atoms with Gasteiger partial charge in [0.25, 0.3) is 0 Å². The molecule has 0 radical (unpaired) electrons. The van der Waals surface area contributed by atoms with Crippen molar-refractivity contribution in [2.24, 2.45) is 4.99 Å². The number of nitrogens with one attached hydrogen (secondary N) is 2. The molecule has 2 rings (SSSR count). The predicted molar refractivity (Wildman–Crippen MR) is 105 cm³/mol. The van der Waals surface area contributed by atoms with Gasteiger partial charge in [-0.1, -0.05) is 24.3 Å². The Kier molecular flexibility index (Phi) is 9.75. The Balaban J connectivity index is 0.00000312. The van der Waals surface area contributed by atoms with Crippen molar-refractivity contribution >= 4 is 29.9 Å². The van der Waals surface area contributed by atoms with Gasteiger partial charge >= 0.3 is 6.61 Å². The van der Waals surface area contributed by atoms with E-state index in [0.29, 0.717) is 24.6 Å². The lowest BCUT2D eigenvalue weighted by Crippen LogP contribution is -2.38. The average molecular weight is 462 g/mol. The fraction of sp³-hybridized carbons (Fsp3) is 0.294. The molecule has 8 heteroatoms. The zero-order valence-corrected chi connectivity index (χ0v) is 16.1. The number of hydrogen-bond donors (Lipinski definition) is 2. The summed E-state index contributed by atoms with van der Waals surface area (Å²) in [6.07, 6.45) is 2.51. The van der Waals surface area contributed by atoms with Crippen LogP contribution in [-0.2, 0) is 13.0 Å². The van der Waals surface area contributed by atoms with E-state index in [0.717, 1.165) is 12.1 Å². The van der Waals surface area contributed by atoms with Crippen molar-refractivity contribution in [1.82, 2.24) is 15.6 Å². The SMILES string of the molecule is CN=C(NCCc1ccccn1)NCc1ccccc1OC(F)F.I. The van der Waals surface area contributed by atoms with Crippen LogP contribution in [0.2, 0.25) is 0 Å². The fourth-order valence-corrected chi connectivity index (χ4v) is 2.12. The van der Waals surface area contributed by atoms with Crippen LogP contribution in [0.25, 0.3) is 0 Å². The summed E-state index contributed by atoms with van der Waals surface area (Å²) < 4.78 is 29.3. The van der Waals surface area contributed by atoms with Crippen molar-refractivity contribution < 1.29 is 13.5 Å². The smallest absolute Gasteiger partial charge is 0.387 e. The third-order valence-corrected chi connectivity index (χ3v) is 3.26. The van der Waals surface area contributed by atoms with E-state index in [9.17, 15) is 8.78 Å². The Hall–Kier alpha value is -1.97. The summed E-state index contributed by atoms with van der Waals surface area (Å²) >= 11 is 0. The van der Waals surface area contributed by atoms with Crippen molar-refractivity contribution in [2.75, 3.05) is 13.6 Å². The molecule has 0 fully saturated rings. The van der Waals surface area contributed by atoms with Crippen LogP contribution in [0.15, 0.2) is 53.7 Å². The Morgan fingerprint density at radius 2 is 1.92 bits per heavy atom. The van der Waals surface area contributed by atoms with Crippen LogP contribution in [0.4, 0.5) is 8.78 Å². The highest BCUT2D eigenvalue weighted by Gasteiger charge is 2.09. The molecule has 1 heterocycles. The molecule has 0 saturated heterocycles. The highest BCUT2D eigenvalue weighted by Crippen LogP contribution is 2.19. The first-order chi connectivity index (χ1) is 11.7. The number of guanidine groups is 1. The quantitative estimate of drug-likeness (QED) is 0.377. The number of nitrogens with zero attached hydrogens (tertiary/aromatic N) is 2. The largest absolute Gasteiger partial charge is 0.434 e. The molecule has 0 unspecified atom stereocenters. The summed E-state index contributed by atoms with van der Waals surface area (Å²) in [6.45, 7) is -1.86. The first kappa shape index (κ1) is 21.1. The second kappa shape index (κ2) is 11.6. The summed E-state index contributed by atoms with van der Waals surface area (Å²) in [5, 5.41) is 6.24. The van der Waals surface area contributed by atoms with Gasteiger partial charge in [-0.25, -0.2) is 0 Å². The monoisotopic (exact) mass is 462 g/mol. The van der Waals surface area contributed by atoms with Gasteiger partial charge in [-0.3, -0.25) is 9.98 Å². The lowest BCUT2D eigenvalue weighted by molar-refractivity contribution is -0.0504. The Bertz CT molecular complexity index is 656. The maximum Gasteiger partial charge on any atom is 0.387 e. The number of aromatic nitrogens is 1. The van der Waals surface area contributed by atoms with Crippen LogP contribution in [0.1, 0.15) is 11.3 Å². The van der Waals surface area contributed by atoms with Crippen molar-refractivity contribution in [3.05, 3.63) is 59.9 Å². The molecule has 0 aliphatic heterocycles. The molecule has 5 nitrogen and oxygen atoms in total. The highest BCUT2D eigenvalue weighted by atomic mass is 127. The third-order valence-electron chi connectivity index (χ3n) is 3.26. The zero-order chi connectivity index (χ0) is 17.2. The van der Waals surface area contributed by atoms with Gasteiger partial charge in [-0.05, 0) is 18.2 Å². The Labute approximate surface area is 162 Å². The van der Waals surface area contributed by atoms with E-state index in [1.165, 1.54) is 6.07 Å². The fourth-order valence-electron chi connectivity index (χ4n) is 2.12. The summed E-state index contributed by atoms with van der Waals surface area (Å²) in [6, 6.07) is 12.4. The highest BCUT2D eigenvalue weighted by molar-refractivity contribution is 14.0. The maximum atomic E-state index is 12.4. The van der Waals surface area contributed by atoms with E-state index in [1.54, 1.807) is 31.4 Å². The van der Waals surface area contributed by atoms with Crippen molar-refractivity contribution in [2.45, 2.75) is 19.6 Å². The lowest BCUT2D eigenvalue weighted by Gasteiger charge is -2.14. The van der Waals surface area contributed by atoms with Crippen LogP contribution in [0.3, 0.4) is 0 Å². The summed E-state index contributed by atoms with van der Waals surface area (Å²) in [4.78, 5) is 8.36. The average Bonchev–Trinajstić information content (AvgIpc) is 2.59. The van der Waals surface area contributed by atoms with Crippen LogP contribution in [0, 0.1) is 0 Å². The Morgan fingerprint density at radius 1 is 1.16 bits per heavy atom. The van der Waals surface area contributed by atoms with E-state index in [1.807, 2.05) is 18.2 Å². The second-order valence-electron chi connectivity index (χ2n) is 4.91. The second-order valence-corrected chi connectivity index (χ2v) is 4.91. The standard InChI is InChI=1S/C17H20F2N4O.HI/c1-20-17(22-11-9-14-7-4-5-10-21-14)23-12-13-6-2-3-8-15(13)24-16(18)19;/h2-8,10,16H,9,11-12H2,1H3,(H2,20,22,23);1H. The summed E-state index contributed by atoms with van der Waals surface area (Å²) in [5.41, 5.74) is 1.61. The summed E-state index contributed by atoms with van der Waals surface area (Å²) in [5.74, 6) is 0.738. The van der Waals surface area contributed by atoms with Crippen LogP contribution in [-0.4, -0.2) is 31.1 Å². The molecule has 25 heavy (non-hydrogen) atoms. The number of halogens is 3. The molecule has 2 N–H and O–H groups in total. The minimum atomic E-state index is -2.85. The number of pyridine rings is 1. The molecule has 0 spiro atoms. The number of alkyl halides is 2. The van der Waals surface area contributed by atoms with Crippen molar-refractivity contribution in [3.8, 4) is 5.75 Å². The first-order valence-electron chi connectivity index (χ1n) is 7.56. The van der Waals surface area contributed by atoms with Crippen molar-refractivity contribution in [1.29, 1.82) is 0 Å². The zero-order valence-electron chi connectivity index (χ0n) is 13.8. The normalized spacial score (nSPS) is 11.0. The minimum Gasteiger partial charge on any atom is -0.434 e.